The lowest BCUT2D eigenvalue weighted by Crippen LogP contribution is -2.18. The van der Waals surface area contributed by atoms with Gasteiger partial charge in [0.15, 0.2) is 0 Å². The summed E-state index contributed by atoms with van der Waals surface area (Å²) in [6.45, 7) is 2.87. The van der Waals surface area contributed by atoms with Gasteiger partial charge in [0.25, 0.3) is 0 Å². The summed E-state index contributed by atoms with van der Waals surface area (Å²) in [5, 5.41) is 3.56. The van der Waals surface area contributed by atoms with Crippen LogP contribution < -0.4 is 19.5 Å². The van der Waals surface area contributed by atoms with Gasteiger partial charge in [-0.25, -0.2) is 0 Å². The van der Waals surface area contributed by atoms with Crippen molar-refractivity contribution in [2.75, 3.05) is 21.3 Å². The third-order valence-corrected chi connectivity index (χ3v) is 4.72. The predicted molar refractivity (Wildman–Crippen MR) is 111 cm³/mol. The van der Waals surface area contributed by atoms with E-state index in [1.807, 2.05) is 30.3 Å². The first kappa shape index (κ1) is 19.7. The van der Waals surface area contributed by atoms with Crippen molar-refractivity contribution in [1.82, 2.24) is 10.3 Å². The molecule has 5 nitrogen and oxygen atoms in total. The van der Waals surface area contributed by atoms with E-state index in [0.717, 1.165) is 40.6 Å². The van der Waals surface area contributed by atoms with E-state index >= 15 is 0 Å². The lowest BCUT2D eigenvalue weighted by molar-refractivity contribution is 0.412. The second-order valence-corrected chi connectivity index (χ2v) is 6.50. The first-order valence-electron chi connectivity index (χ1n) is 9.19. The first-order valence-corrected chi connectivity index (χ1v) is 9.19. The predicted octanol–water partition coefficient (Wildman–Crippen LogP) is 4.63. The van der Waals surface area contributed by atoms with Gasteiger partial charge in [-0.3, -0.25) is 4.98 Å². The molecule has 1 atom stereocenters. The molecular weight excluding hydrogens is 352 g/mol. The second kappa shape index (κ2) is 9.24. The monoisotopic (exact) mass is 378 g/mol. The van der Waals surface area contributed by atoms with Crippen LogP contribution >= 0.6 is 0 Å². The Morgan fingerprint density at radius 3 is 2.39 bits per heavy atom. The van der Waals surface area contributed by atoms with Gasteiger partial charge in [0.05, 0.1) is 33.2 Å². The van der Waals surface area contributed by atoms with Crippen molar-refractivity contribution in [3.8, 4) is 28.5 Å². The van der Waals surface area contributed by atoms with Crippen molar-refractivity contribution in [2.45, 2.75) is 19.5 Å². The second-order valence-electron chi connectivity index (χ2n) is 6.50. The average Bonchev–Trinajstić information content (AvgIpc) is 2.77. The minimum absolute atomic E-state index is 0.194. The molecule has 0 saturated carbocycles. The fourth-order valence-electron chi connectivity index (χ4n) is 3.03. The van der Waals surface area contributed by atoms with Gasteiger partial charge in [-0.2, -0.15) is 0 Å². The Hall–Kier alpha value is -3.05. The highest BCUT2D eigenvalue weighted by molar-refractivity contribution is 5.68. The van der Waals surface area contributed by atoms with E-state index in [1.54, 1.807) is 27.5 Å². The number of nitrogens with zero attached hydrogens (tertiary/aromatic N) is 1. The van der Waals surface area contributed by atoms with Crippen LogP contribution in [-0.4, -0.2) is 26.3 Å². The topological polar surface area (TPSA) is 52.6 Å². The fourth-order valence-corrected chi connectivity index (χ4v) is 3.03. The van der Waals surface area contributed by atoms with Gasteiger partial charge in [0, 0.05) is 18.2 Å². The molecule has 0 aliphatic carbocycles. The number of benzene rings is 2. The number of methoxy groups -OCH3 is 3. The Bertz CT molecular complexity index is 910. The molecule has 2 aromatic carbocycles. The Labute approximate surface area is 166 Å². The standard InChI is InChI=1S/C23H26N2O3/c1-16(18-6-5-7-19(13-18)26-2)24-14-17-8-11-23(28-4)21(12-17)22-10-9-20(27-3)15-25-22/h5-13,15-16,24H,14H2,1-4H3/t16-/m1/s1. The molecule has 0 saturated heterocycles. The fraction of sp³-hybridized carbons (Fsp3) is 0.261. The van der Waals surface area contributed by atoms with Crippen LogP contribution in [-0.2, 0) is 6.54 Å². The van der Waals surface area contributed by atoms with Crippen LogP contribution in [0.15, 0.2) is 60.8 Å². The number of hydrogen-bond acceptors (Lipinski definition) is 5. The average molecular weight is 378 g/mol. The van der Waals surface area contributed by atoms with E-state index < -0.39 is 0 Å². The van der Waals surface area contributed by atoms with Crippen LogP contribution in [0.5, 0.6) is 17.2 Å². The summed E-state index contributed by atoms with van der Waals surface area (Å²) in [6, 6.07) is 18.3. The molecule has 0 aliphatic heterocycles. The summed E-state index contributed by atoms with van der Waals surface area (Å²) in [6.07, 6.45) is 1.71. The normalized spacial score (nSPS) is 11.7. The molecule has 3 aromatic rings. The summed E-state index contributed by atoms with van der Waals surface area (Å²) < 4.78 is 16.0. The minimum atomic E-state index is 0.194. The maximum Gasteiger partial charge on any atom is 0.137 e. The summed E-state index contributed by atoms with van der Waals surface area (Å²) >= 11 is 0. The van der Waals surface area contributed by atoms with Gasteiger partial charge in [0.1, 0.15) is 17.2 Å². The van der Waals surface area contributed by atoms with Crippen LogP contribution in [0.25, 0.3) is 11.3 Å². The molecule has 146 valence electrons. The smallest absolute Gasteiger partial charge is 0.137 e. The van der Waals surface area contributed by atoms with Crippen molar-refractivity contribution in [1.29, 1.82) is 0 Å². The number of pyridine rings is 1. The van der Waals surface area contributed by atoms with Crippen LogP contribution in [0, 0.1) is 0 Å². The molecule has 0 bridgehead atoms. The molecule has 0 unspecified atom stereocenters. The highest BCUT2D eigenvalue weighted by atomic mass is 16.5. The van der Waals surface area contributed by atoms with E-state index in [-0.39, 0.29) is 6.04 Å². The van der Waals surface area contributed by atoms with Gasteiger partial charge < -0.3 is 19.5 Å². The number of ether oxygens (including phenoxy) is 3. The summed E-state index contributed by atoms with van der Waals surface area (Å²) in [5.74, 6) is 2.39. The van der Waals surface area contributed by atoms with Crippen LogP contribution in [0.2, 0.25) is 0 Å². The summed E-state index contributed by atoms with van der Waals surface area (Å²) in [5.41, 5.74) is 4.15. The highest BCUT2D eigenvalue weighted by Crippen LogP contribution is 2.30. The maximum atomic E-state index is 5.53. The molecule has 5 heteroatoms. The maximum absolute atomic E-state index is 5.53. The van der Waals surface area contributed by atoms with Gasteiger partial charge in [0.2, 0.25) is 0 Å². The number of rotatable bonds is 8. The third kappa shape index (κ3) is 4.61. The van der Waals surface area contributed by atoms with E-state index in [9.17, 15) is 0 Å². The molecule has 1 heterocycles. The molecule has 0 radical (unpaired) electrons. The van der Waals surface area contributed by atoms with Gasteiger partial charge in [-0.15, -0.1) is 0 Å². The van der Waals surface area contributed by atoms with E-state index in [2.05, 4.69) is 41.5 Å². The molecule has 28 heavy (non-hydrogen) atoms. The van der Waals surface area contributed by atoms with Crippen LogP contribution in [0.1, 0.15) is 24.1 Å². The largest absolute Gasteiger partial charge is 0.497 e. The van der Waals surface area contributed by atoms with Crippen molar-refractivity contribution >= 4 is 0 Å². The van der Waals surface area contributed by atoms with Crippen molar-refractivity contribution in [3.63, 3.8) is 0 Å². The molecule has 0 fully saturated rings. The SMILES string of the molecule is COc1ccc(-c2cc(CN[C@H](C)c3cccc(OC)c3)ccc2OC)nc1. The van der Waals surface area contributed by atoms with Crippen LogP contribution in [0.4, 0.5) is 0 Å². The lowest BCUT2D eigenvalue weighted by Gasteiger charge is -2.16. The lowest BCUT2D eigenvalue weighted by atomic mass is 10.0. The zero-order valence-electron chi connectivity index (χ0n) is 16.7. The van der Waals surface area contributed by atoms with Crippen molar-refractivity contribution in [3.05, 3.63) is 71.9 Å². The Morgan fingerprint density at radius 1 is 0.893 bits per heavy atom. The molecular formula is C23H26N2O3. The van der Waals surface area contributed by atoms with Crippen molar-refractivity contribution < 1.29 is 14.2 Å². The van der Waals surface area contributed by atoms with E-state index in [1.165, 1.54) is 5.56 Å². The zero-order valence-corrected chi connectivity index (χ0v) is 16.7. The zero-order chi connectivity index (χ0) is 19.9. The van der Waals surface area contributed by atoms with Crippen molar-refractivity contribution in [2.24, 2.45) is 0 Å². The van der Waals surface area contributed by atoms with E-state index in [0.29, 0.717) is 0 Å². The summed E-state index contributed by atoms with van der Waals surface area (Å²) in [7, 11) is 4.99. The molecule has 3 rings (SSSR count). The van der Waals surface area contributed by atoms with Gasteiger partial charge >= 0.3 is 0 Å². The molecule has 1 N–H and O–H groups in total. The Kier molecular flexibility index (Phi) is 6.50. The van der Waals surface area contributed by atoms with Crippen LogP contribution in [0.3, 0.4) is 0 Å². The number of hydrogen-bond donors (Lipinski definition) is 1. The molecule has 0 amide bonds. The van der Waals surface area contributed by atoms with E-state index in [4.69, 9.17) is 14.2 Å². The van der Waals surface area contributed by atoms with Gasteiger partial charge in [-0.1, -0.05) is 18.2 Å². The summed E-state index contributed by atoms with van der Waals surface area (Å²) in [4.78, 5) is 4.49. The Morgan fingerprint density at radius 2 is 1.71 bits per heavy atom. The molecule has 0 spiro atoms. The van der Waals surface area contributed by atoms with Gasteiger partial charge in [-0.05, 0) is 54.4 Å². The third-order valence-electron chi connectivity index (χ3n) is 4.72. The first-order chi connectivity index (χ1) is 13.6. The number of nitrogens with one attached hydrogen (secondary N) is 1. The quantitative estimate of drug-likeness (QED) is 0.620. The minimum Gasteiger partial charge on any atom is -0.497 e. The molecule has 1 aromatic heterocycles. The molecule has 0 aliphatic rings. The number of aromatic nitrogens is 1. The Balaban J connectivity index is 1.77. The highest BCUT2D eigenvalue weighted by Gasteiger charge is 2.11.